The number of hydrogen-bond donors (Lipinski definition) is 2. The second-order valence-electron chi connectivity index (χ2n) is 13.3. The van der Waals surface area contributed by atoms with Crippen LogP contribution in [-0.2, 0) is 17.9 Å². The zero-order valence-corrected chi connectivity index (χ0v) is 27.3. The highest BCUT2D eigenvalue weighted by Gasteiger charge is 2.43. The summed E-state index contributed by atoms with van der Waals surface area (Å²) in [6.45, 7) is 0.927. The van der Waals surface area contributed by atoms with Crippen molar-refractivity contribution in [2.24, 2.45) is 11.1 Å². The van der Waals surface area contributed by atoms with E-state index in [0.29, 0.717) is 30.8 Å². The third-order valence-corrected chi connectivity index (χ3v) is 10.3. The minimum absolute atomic E-state index is 0.0133. The molecule has 5 heterocycles. The van der Waals surface area contributed by atoms with E-state index in [1.54, 1.807) is 9.47 Å². The molecule has 8 rings (SSSR count). The van der Waals surface area contributed by atoms with Crippen molar-refractivity contribution in [3.05, 3.63) is 74.7 Å². The van der Waals surface area contributed by atoms with Crippen molar-refractivity contribution in [2.75, 3.05) is 31.6 Å². The summed E-state index contributed by atoms with van der Waals surface area (Å²) >= 11 is 0. The zero-order valence-electron chi connectivity index (χ0n) is 27.3. The first kappa shape index (κ1) is 32.3. The fourth-order valence-electron chi connectivity index (χ4n) is 7.86. The van der Waals surface area contributed by atoms with Gasteiger partial charge in [0.2, 0.25) is 17.2 Å². The van der Waals surface area contributed by atoms with Crippen LogP contribution in [0.3, 0.4) is 0 Å². The highest BCUT2D eigenvalue weighted by atomic mass is 19.1. The van der Waals surface area contributed by atoms with Gasteiger partial charge in [-0.05, 0) is 48.9 Å². The minimum Gasteiger partial charge on any atom is -0.493 e. The number of carboxylic acid groups (broad SMARTS) is 1. The predicted octanol–water partition coefficient (Wildman–Crippen LogP) is 4.15. The van der Waals surface area contributed by atoms with Gasteiger partial charge in [0, 0.05) is 37.3 Å². The number of ether oxygens (including phenoxy) is 1. The molecule has 2 N–H and O–H groups in total. The number of amides is 1. The molecule has 2 aromatic carbocycles. The van der Waals surface area contributed by atoms with Gasteiger partial charge in [-0.25, -0.2) is 18.3 Å². The standard InChI is InChI=1S/C34H32F2N8O7/c1-51-32-29-21(31(46)22(34(48)49)14-43(29)19-7-8-19)10-24(36)30(32)40-11-17-4-3-9-42(25(17)15-40)26(45)16-41-12-18(37-39-41)13-44-28-20(5-2-6-23(28)35)27(38-50)33(44)47/h2,5-6,10,12,14,17,19,25,47H,3-4,7-9,11,13,15-16H2,1H3,(H,48,49)/t17-,25+/m1/s1. The average Bonchev–Trinajstić information content (AvgIpc) is 3.60. The summed E-state index contributed by atoms with van der Waals surface area (Å²) in [5.41, 5.74) is -0.704. The van der Waals surface area contributed by atoms with Crippen LogP contribution >= 0.6 is 0 Å². The number of carbonyl (C=O) groups is 2. The van der Waals surface area contributed by atoms with Gasteiger partial charge in [0.15, 0.2) is 17.3 Å². The second kappa shape index (κ2) is 12.2. The van der Waals surface area contributed by atoms with Crippen molar-refractivity contribution in [2.45, 2.75) is 50.9 Å². The first-order chi connectivity index (χ1) is 24.6. The van der Waals surface area contributed by atoms with Gasteiger partial charge >= 0.3 is 5.97 Å². The molecule has 1 saturated carbocycles. The van der Waals surface area contributed by atoms with Gasteiger partial charge in [-0.3, -0.25) is 9.59 Å². The summed E-state index contributed by atoms with van der Waals surface area (Å²) in [6, 6.07) is 4.89. The van der Waals surface area contributed by atoms with E-state index in [2.05, 4.69) is 15.5 Å². The number of hydrogen-bond acceptors (Lipinski definition) is 10. The van der Waals surface area contributed by atoms with Crippen molar-refractivity contribution in [3.63, 3.8) is 0 Å². The lowest BCUT2D eigenvalue weighted by Crippen LogP contribution is -2.49. The molecule has 1 aliphatic carbocycles. The molecule has 51 heavy (non-hydrogen) atoms. The highest BCUT2D eigenvalue weighted by Crippen LogP contribution is 2.46. The summed E-state index contributed by atoms with van der Waals surface area (Å²) in [6.07, 6.45) is 5.94. The van der Waals surface area contributed by atoms with E-state index in [4.69, 9.17) is 4.74 Å². The van der Waals surface area contributed by atoms with Gasteiger partial charge in [0.25, 0.3) is 0 Å². The molecule has 2 aliphatic heterocycles. The molecule has 2 atom stereocenters. The van der Waals surface area contributed by atoms with E-state index in [1.165, 1.54) is 47.0 Å². The average molecular weight is 703 g/mol. The summed E-state index contributed by atoms with van der Waals surface area (Å²) in [5.74, 6) is -3.33. The van der Waals surface area contributed by atoms with Gasteiger partial charge in [0.1, 0.15) is 29.3 Å². The predicted molar refractivity (Wildman–Crippen MR) is 179 cm³/mol. The van der Waals surface area contributed by atoms with Gasteiger partial charge in [-0.1, -0.05) is 17.3 Å². The summed E-state index contributed by atoms with van der Waals surface area (Å²) < 4.78 is 40.8. The lowest BCUT2D eigenvalue weighted by Gasteiger charge is -2.36. The van der Waals surface area contributed by atoms with Crippen LogP contribution < -0.4 is 15.1 Å². The third-order valence-electron chi connectivity index (χ3n) is 10.3. The Hall–Kier alpha value is -5.87. The number of halogens is 2. The second-order valence-corrected chi connectivity index (χ2v) is 13.3. The number of aromatic carboxylic acids is 1. The molecule has 0 unspecified atom stereocenters. The Kier molecular flexibility index (Phi) is 7.72. The topological polar surface area (TPSA) is 177 Å². The number of piperidine rings is 1. The lowest BCUT2D eigenvalue weighted by atomic mass is 9.92. The molecule has 2 saturated heterocycles. The Labute approximate surface area is 287 Å². The molecule has 3 aliphatic rings. The number of nitrogens with zero attached hydrogens (tertiary/aromatic N) is 8. The number of carboxylic acids is 1. The minimum atomic E-state index is -1.38. The van der Waals surface area contributed by atoms with Crippen LogP contribution in [0.25, 0.3) is 21.8 Å². The first-order valence-electron chi connectivity index (χ1n) is 16.5. The monoisotopic (exact) mass is 702 g/mol. The Bertz CT molecular complexity index is 2330. The zero-order chi connectivity index (χ0) is 35.7. The molecule has 1 amide bonds. The molecule has 3 fully saturated rings. The van der Waals surface area contributed by atoms with Crippen molar-refractivity contribution < 1.29 is 33.3 Å². The normalized spacial score (nSPS) is 18.8. The van der Waals surface area contributed by atoms with Crippen molar-refractivity contribution >= 4 is 45.1 Å². The number of pyridine rings is 1. The molecule has 5 aromatic rings. The van der Waals surface area contributed by atoms with E-state index < -0.39 is 34.5 Å². The van der Waals surface area contributed by atoms with Crippen LogP contribution in [0.15, 0.2) is 46.6 Å². The number of rotatable bonds is 9. The Morgan fingerprint density at radius 2 is 1.88 bits per heavy atom. The maximum absolute atomic E-state index is 16.0. The molecule has 17 heteroatoms. The number of aromatic hydroxyl groups is 1. The van der Waals surface area contributed by atoms with E-state index >= 15 is 4.39 Å². The number of carbonyl (C=O) groups excluding carboxylic acids is 1. The number of nitroso groups, excluding NO2 is 1. The fraction of sp³-hybridized carbons (Fsp3) is 0.382. The van der Waals surface area contributed by atoms with Crippen LogP contribution in [-0.4, -0.2) is 83.9 Å². The van der Waals surface area contributed by atoms with Crippen molar-refractivity contribution in [1.29, 1.82) is 0 Å². The fourth-order valence-corrected chi connectivity index (χ4v) is 7.86. The van der Waals surface area contributed by atoms with Crippen molar-refractivity contribution in [1.82, 2.24) is 29.0 Å². The molecule has 15 nitrogen and oxygen atoms in total. The van der Waals surface area contributed by atoms with Crippen LogP contribution in [0, 0.1) is 22.5 Å². The van der Waals surface area contributed by atoms with E-state index in [-0.39, 0.29) is 70.4 Å². The van der Waals surface area contributed by atoms with E-state index in [0.717, 1.165) is 31.7 Å². The van der Waals surface area contributed by atoms with Crippen LogP contribution in [0.5, 0.6) is 11.6 Å². The highest BCUT2D eigenvalue weighted by molar-refractivity contribution is 5.97. The summed E-state index contributed by atoms with van der Waals surface area (Å²) in [7, 11) is 1.39. The number of anilines is 1. The SMILES string of the molecule is COc1c(N2C[C@H]3CCCN(C(=O)Cn4cc(Cn5c(O)c(N=O)c6cccc(F)c65)nn4)[C@H]3C2)c(F)cc2c(=O)c(C(=O)O)cn(C3CC3)c12. The maximum atomic E-state index is 16.0. The molecular weight excluding hydrogens is 670 g/mol. The van der Waals surface area contributed by atoms with Gasteiger partial charge < -0.3 is 33.9 Å². The Morgan fingerprint density at radius 3 is 2.61 bits per heavy atom. The number of methoxy groups -OCH3 is 1. The van der Waals surface area contributed by atoms with E-state index in [9.17, 15) is 33.9 Å². The molecule has 0 spiro atoms. The van der Waals surface area contributed by atoms with Crippen molar-refractivity contribution in [3.8, 4) is 11.6 Å². The maximum Gasteiger partial charge on any atom is 0.341 e. The molecule has 0 bridgehead atoms. The smallest absolute Gasteiger partial charge is 0.341 e. The number of likely N-dealkylation sites (tertiary alicyclic amines) is 1. The van der Waals surface area contributed by atoms with Crippen LogP contribution in [0.4, 0.5) is 20.2 Å². The van der Waals surface area contributed by atoms with Gasteiger partial charge in [-0.15, -0.1) is 10.0 Å². The summed E-state index contributed by atoms with van der Waals surface area (Å²) in [5, 5.41) is 31.4. The molecule has 264 valence electrons. The molecular formula is C34H32F2N8O7. The third kappa shape index (κ3) is 5.25. The Balaban J connectivity index is 1.05. The number of aromatic nitrogens is 5. The van der Waals surface area contributed by atoms with Gasteiger partial charge in [0.05, 0.1) is 42.3 Å². The van der Waals surface area contributed by atoms with Crippen LogP contribution in [0.2, 0.25) is 0 Å². The number of fused-ring (bicyclic) bond motifs is 3. The largest absolute Gasteiger partial charge is 0.493 e. The molecule has 0 radical (unpaired) electrons. The Morgan fingerprint density at radius 1 is 1.08 bits per heavy atom. The molecule has 3 aromatic heterocycles. The van der Waals surface area contributed by atoms with Crippen LogP contribution in [0.1, 0.15) is 47.8 Å². The quantitative estimate of drug-likeness (QED) is 0.212. The lowest BCUT2D eigenvalue weighted by molar-refractivity contribution is -0.136. The van der Waals surface area contributed by atoms with E-state index in [1.807, 2.05) is 4.90 Å². The first-order valence-corrected chi connectivity index (χ1v) is 16.5. The number of para-hydroxylation sites is 1. The van der Waals surface area contributed by atoms with Gasteiger partial charge in [-0.2, -0.15) is 0 Å². The summed E-state index contributed by atoms with van der Waals surface area (Å²) in [4.78, 5) is 53.7. The number of benzene rings is 2.